The molecule has 0 amide bonds. The predicted molar refractivity (Wildman–Crippen MR) is 100 cm³/mol. The number of carbonyl (C=O) groups excluding carboxylic acids is 1. The maximum atomic E-state index is 12.5. The van der Waals surface area contributed by atoms with E-state index < -0.39 is 0 Å². The molecular weight excluding hydrogens is 366 g/mol. The highest BCUT2D eigenvalue weighted by Crippen LogP contribution is 2.35. The summed E-state index contributed by atoms with van der Waals surface area (Å²) in [5, 5.41) is 3.57. The van der Waals surface area contributed by atoms with Crippen LogP contribution in [0.2, 0.25) is 0 Å². The molecule has 0 aliphatic heterocycles. The first kappa shape index (κ1) is 17.0. The van der Waals surface area contributed by atoms with E-state index in [2.05, 4.69) is 33.4 Å². The number of anilines is 1. The maximum absolute atomic E-state index is 12.5. The second kappa shape index (κ2) is 7.84. The highest BCUT2D eigenvalue weighted by atomic mass is 79.9. The summed E-state index contributed by atoms with van der Waals surface area (Å²) in [4.78, 5) is 12.5. The van der Waals surface area contributed by atoms with Crippen LogP contribution >= 0.6 is 15.9 Å². The second-order valence-corrected chi connectivity index (χ2v) is 7.14. The number of Topliss-reactive ketones (excluding diaryl/α,β-unsaturated/α-hetero) is 1. The molecular formula is C20H22BrNO2. The van der Waals surface area contributed by atoms with Gasteiger partial charge in [-0.05, 0) is 54.8 Å². The Morgan fingerprint density at radius 3 is 2.42 bits per heavy atom. The molecule has 1 unspecified atom stereocenters. The topological polar surface area (TPSA) is 38.3 Å². The molecule has 1 saturated carbocycles. The zero-order chi connectivity index (χ0) is 16.9. The molecule has 0 heterocycles. The Hall–Kier alpha value is -1.81. The smallest absolute Gasteiger partial charge is 0.138 e. The van der Waals surface area contributed by atoms with E-state index in [1.165, 1.54) is 0 Å². The molecule has 3 rings (SSSR count). The summed E-state index contributed by atoms with van der Waals surface area (Å²) < 4.78 is 6.26. The van der Waals surface area contributed by atoms with E-state index in [0.717, 1.165) is 40.7 Å². The first-order valence-corrected chi connectivity index (χ1v) is 9.15. The second-order valence-electron chi connectivity index (χ2n) is 6.22. The molecule has 1 fully saturated rings. The Morgan fingerprint density at radius 2 is 1.79 bits per heavy atom. The highest BCUT2D eigenvalue weighted by molar-refractivity contribution is 9.10. The lowest BCUT2D eigenvalue weighted by Gasteiger charge is -2.31. The summed E-state index contributed by atoms with van der Waals surface area (Å²) in [5.41, 5.74) is 2.15. The van der Waals surface area contributed by atoms with Crippen LogP contribution in [0.5, 0.6) is 5.75 Å². The Morgan fingerprint density at radius 1 is 1.08 bits per heavy atom. The number of ketones is 1. The van der Waals surface area contributed by atoms with Crippen LogP contribution in [-0.4, -0.2) is 12.9 Å². The molecule has 2 aromatic carbocycles. The molecule has 0 radical (unpaired) electrons. The van der Waals surface area contributed by atoms with Crippen molar-refractivity contribution in [2.75, 3.05) is 12.4 Å². The molecule has 3 nitrogen and oxygen atoms in total. The van der Waals surface area contributed by atoms with Gasteiger partial charge in [-0.2, -0.15) is 0 Å². The van der Waals surface area contributed by atoms with Gasteiger partial charge in [0.05, 0.1) is 13.2 Å². The van der Waals surface area contributed by atoms with Crippen LogP contribution in [0.15, 0.2) is 53.0 Å². The lowest BCUT2D eigenvalue weighted by Crippen LogP contribution is -2.30. The number of carbonyl (C=O) groups is 1. The van der Waals surface area contributed by atoms with Gasteiger partial charge in [-0.3, -0.25) is 4.79 Å². The van der Waals surface area contributed by atoms with Crippen LogP contribution in [0.1, 0.15) is 37.3 Å². The summed E-state index contributed by atoms with van der Waals surface area (Å²) in [7, 11) is 1.66. The van der Waals surface area contributed by atoms with Crippen LogP contribution in [0, 0.1) is 5.92 Å². The van der Waals surface area contributed by atoms with E-state index >= 15 is 0 Å². The molecule has 126 valence electrons. The zero-order valence-electron chi connectivity index (χ0n) is 13.8. The lowest BCUT2D eigenvalue weighted by molar-refractivity contribution is -0.125. The van der Waals surface area contributed by atoms with Gasteiger partial charge in [-0.25, -0.2) is 0 Å². The molecule has 24 heavy (non-hydrogen) atoms. The number of methoxy groups -OCH3 is 1. The number of halogens is 1. The van der Waals surface area contributed by atoms with Gasteiger partial charge in [0.15, 0.2) is 0 Å². The highest BCUT2D eigenvalue weighted by Gasteiger charge is 2.31. The van der Waals surface area contributed by atoms with Crippen molar-refractivity contribution >= 4 is 27.4 Å². The third-order valence-corrected chi connectivity index (χ3v) is 5.17. The maximum Gasteiger partial charge on any atom is 0.138 e. The zero-order valence-corrected chi connectivity index (χ0v) is 15.4. The minimum atomic E-state index is -0.000653. The van der Waals surface area contributed by atoms with Gasteiger partial charge in [-0.15, -0.1) is 0 Å². The van der Waals surface area contributed by atoms with Crippen LogP contribution in [0.4, 0.5) is 5.69 Å². The summed E-state index contributed by atoms with van der Waals surface area (Å²) >= 11 is 3.48. The van der Waals surface area contributed by atoms with Crippen molar-refractivity contribution in [1.82, 2.24) is 0 Å². The fourth-order valence-electron chi connectivity index (χ4n) is 3.32. The van der Waals surface area contributed by atoms with Crippen molar-refractivity contribution < 1.29 is 9.53 Å². The van der Waals surface area contributed by atoms with Crippen molar-refractivity contribution in [3.63, 3.8) is 0 Å². The number of hydrogen-bond donors (Lipinski definition) is 1. The summed E-state index contributed by atoms with van der Waals surface area (Å²) in [6, 6.07) is 16.1. The number of benzene rings is 2. The van der Waals surface area contributed by atoms with Crippen molar-refractivity contribution in [3.05, 3.63) is 58.6 Å². The van der Waals surface area contributed by atoms with Crippen LogP contribution in [0.25, 0.3) is 0 Å². The number of ether oxygens (including phenoxy) is 1. The lowest BCUT2D eigenvalue weighted by atomic mass is 9.80. The number of rotatable bonds is 5. The van der Waals surface area contributed by atoms with E-state index in [1.54, 1.807) is 7.11 Å². The SMILES string of the molecule is COc1ccc(N[C@H](c2ccc(Br)cc2)C2CCCCC2=O)cc1. The largest absolute Gasteiger partial charge is 0.497 e. The number of hydrogen-bond acceptors (Lipinski definition) is 3. The fourth-order valence-corrected chi connectivity index (χ4v) is 3.58. The molecule has 0 bridgehead atoms. The Labute approximate surface area is 151 Å². The minimum absolute atomic E-state index is 0.000653. The van der Waals surface area contributed by atoms with Crippen LogP contribution in [0.3, 0.4) is 0 Å². The van der Waals surface area contributed by atoms with Gasteiger partial charge >= 0.3 is 0 Å². The van der Waals surface area contributed by atoms with Gasteiger partial charge < -0.3 is 10.1 Å². The summed E-state index contributed by atoms with van der Waals surface area (Å²) in [5.74, 6) is 1.23. The molecule has 2 atom stereocenters. The van der Waals surface area contributed by atoms with E-state index in [0.29, 0.717) is 12.2 Å². The van der Waals surface area contributed by atoms with Crippen LogP contribution < -0.4 is 10.1 Å². The van der Waals surface area contributed by atoms with E-state index in [-0.39, 0.29) is 12.0 Å². The van der Waals surface area contributed by atoms with Gasteiger partial charge in [0.25, 0.3) is 0 Å². The fraction of sp³-hybridized carbons (Fsp3) is 0.350. The molecule has 4 heteroatoms. The first-order chi connectivity index (χ1) is 11.7. The molecule has 0 aromatic heterocycles. The Kier molecular flexibility index (Phi) is 5.56. The Bertz CT molecular complexity index is 682. The molecule has 0 spiro atoms. The molecule has 2 aromatic rings. The van der Waals surface area contributed by atoms with E-state index in [1.807, 2.05) is 36.4 Å². The average Bonchev–Trinajstić information content (AvgIpc) is 2.62. The Balaban J connectivity index is 1.88. The van der Waals surface area contributed by atoms with Crippen molar-refractivity contribution in [3.8, 4) is 5.75 Å². The van der Waals surface area contributed by atoms with E-state index in [4.69, 9.17) is 4.74 Å². The van der Waals surface area contributed by atoms with Crippen molar-refractivity contribution in [2.45, 2.75) is 31.7 Å². The average molecular weight is 388 g/mol. The third-order valence-electron chi connectivity index (χ3n) is 4.65. The third kappa shape index (κ3) is 3.99. The van der Waals surface area contributed by atoms with E-state index in [9.17, 15) is 4.79 Å². The van der Waals surface area contributed by atoms with Crippen molar-refractivity contribution in [1.29, 1.82) is 0 Å². The molecule has 1 aliphatic carbocycles. The molecule has 0 saturated heterocycles. The minimum Gasteiger partial charge on any atom is -0.497 e. The number of nitrogens with one attached hydrogen (secondary N) is 1. The van der Waals surface area contributed by atoms with Gasteiger partial charge in [0, 0.05) is 22.5 Å². The predicted octanol–water partition coefficient (Wildman–Crippen LogP) is 5.37. The van der Waals surface area contributed by atoms with Gasteiger partial charge in [0.2, 0.25) is 0 Å². The van der Waals surface area contributed by atoms with Gasteiger partial charge in [-0.1, -0.05) is 34.5 Å². The molecule has 1 aliphatic rings. The first-order valence-electron chi connectivity index (χ1n) is 8.36. The monoisotopic (exact) mass is 387 g/mol. The van der Waals surface area contributed by atoms with Crippen molar-refractivity contribution in [2.24, 2.45) is 5.92 Å². The van der Waals surface area contributed by atoms with Crippen LogP contribution in [-0.2, 0) is 4.79 Å². The standard InChI is InChI=1S/C20H22BrNO2/c1-24-17-12-10-16(11-13-17)22-20(14-6-8-15(21)9-7-14)18-4-2-3-5-19(18)23/h6-13,18,20,22H,2-5H2,1H3/t18?,20-/m1/s1. The molecule has 1 N–H and O–H groups in total. The summed E-state index contributed by atoms with van der Waals surface area (Å²) in [6.45, 7) is 0. The normalized spacial score (nSPS) is 18.9. The quantitative estimate of drug-likeness (QED) is 0.748. The van der Waals surface area contributed by atoms with Gasteiger partial charge in [0.1, 0.15) is 11.5 Å². The summed E-state index contributed by atoms with van der Waals surface area (Å²) in [6.07, 6.45) is 3.78.